The summed E-state index contributed by atoms with van der Waals surface area (Å²) in [7, 11) is 0. The van der Waals surface area contributed by atoms with Gasteiger partial charge in [0.25, 0.3) is 0 Å². The number of hydrogen-bond donors (Lipinski definition) is 1. The van der Waals surface area contributed by atoms with Crippen LogP contribution in [0.2, 0.25) is 0 Å². The molecule has 0 atom stereocenters. The van der Waals surface area contributed by atoms with Crippen molar-refractivity contribution in [3.8, 4) is 5.82 Å². The van der Waals surface area contributed by atoms with Crippen molar-refractivity contribution >= 4 is 31.9 Å². The lowest BCUT2D eigenvalue weighted by molar-refractivity contribution is 0.820. The molecule has 0 bridgehead atoms. The number of imidazole rings is 1. The van der Waals surface area contributed by atoms with E-state index < -0.39 is 0 Å². The highest BCUT2D eigenvalue weighted by Crippen LogP contribution is 2.23. The highest BCUT2D eigenvalue weighted by molar-refractivity contribution is 9.11. The third-order valence-corrected chi connectivity index (χ3v) is 3.12. The first-order valence-electron chi connectivity index (χ1n) is 4.76. The van der Waals surface area contributed by atoms with Crippen LogP contribution in [0.25, 0.3) is 5.82 Å². The van der Waals surface area contributed by atoms with Crippen molar-refractivity contribution in [1.29, 1.82) is 0 Å². The second-order valence-electron chi connectivity index (χ2n) is 3.21. The van der Waals surface area contributed by atoms with Gasteiger partial charge in [-0.15, -0.1) is 0 Å². The predicted molar refractivity (Wildman–Crippen MR) is 69.5 cm³/mol. The van der Waals surface area contributed by atoms with Crippen molar-refractivity contribution in [1.82, 2.24) is 14.5 Å². The molecule has 2 heterocycles. The highest BCUT2D eigenvalue weighted by Gasteiger charge is 2.09. The summed E-state index contributed by atoms with van der Waals surface area (Å²) in [4.78, 5) is 8.61. The molecule has 0 saturated heterocycles. The molecule has 0 amide bonds. The Kier molecular flexibility index (Phi) is 3.73. The van der Waals surface area contributed by atoms with E-state index in [0.717, 1.165) is 27.0 Å². The average Bonchev–Trinajstić information content (AvgIpc) is 2.67. The average molecular weight is 346 g/mol. The number of nitrogens with two attached hydrogens (primary N) is 1. The van der Waals surface area contributed by atoms with Crippen LogP contribution in [0.1, 0.15) is 5.82 Å². The Bertz CT molecular complexity index is 495. The van der Waals surface area contributed by atoms with Crippen LogP contribution in [0.5, 0.6) is 0 Å². The number of nitrogens with zero attached hydrogens (tertiary/aromatic N) is 3. The standard InChI is InChI=1S/C10H10Br2N4/c11-7-5-8(12)10(15-6-7)16-4-3-14-9(16)1-2-13/h3-6H,1-2,13H2. The first-order valence-corrected chi connectivity index (χ1v) is 6.34. The molecule has 2 aromatic heterocycles. The van der Waals surface area contributed by atoms with E-state index in [9.17, 15) is 0 Å². The fourth-order valence-corrected chi connectivity index (χ4v) is 2.60. The fourth-order valence-electron chi connectivity index (χ4n) is 1.43. The van der Waals surface area contributed by atoms with Crippen molar-refractivity contribution < 1.29 is 0 Å². The van der Waals surface area contributed by atoms with E-state index in [4.69, 9.17) is 5.73 Å². The van der Waals surface area contributed by atoms with E-state index in [1.165, 1.54) is 0 Å². The van der Waals surface area contributed by atoms with Crippen molar-refractivity contribution in [2.24, 2.45) is 5.73 Å². The quantitative estimate of drug-likeness (QED) is 0.928. The lowest BCUT2D eigenvalue weighted by Gasteiger charge is -2.08. The smallest absolute Gasteiger partial charge is 0.152 e. The van der Waals surface area contributed by atoms with Crippen LogP contribution in [0, 0.1) is 0 Å². The zero-order valence-corrected chi connectivity index (χ0v) is 11.6. The highest BCUT2D eigenvalue weighted by atomic mass is 79.9. The van der Waals surface area contributed by atoms with Gasteiger partial charge in [-0.3, -0.25) is 4.57 Å². The van der Waals surface area contributed by atoms with Gasteiger partial charge in [0.2, 0.25) is 0 Å². The Morgan fingerprint density at radius 3 is 2.81 bits per heavy atom. The summed E-state index contributed by atoms with van der Waals surface area (Å²) in [5, 5.41) is 0. The van der Waals surface area contributed by atoms with Gasteiger partial charge in [0, 0.05) is 29.5 Å². The normalized spacial score (nSPS) is 10.7. The van der Waals surface area contributed by atoms with Crippen LogP contribution in [0.15, 0.2) is 33.6 Å². The van der Waals surface area contributed by atoms with Crippen LogP contribution in [0.3, 0.4) is 0 Å². The third-order valence-electron chi connectivity index (χ3n) is 2.10. The van der Waals surface area contributed by atoms with E-state index in [1.54, 1.807) is 12.4 Å². The summed E-state index contributed by atoms with van der Waals surface area (Å²) in [6, 6.07) is 1.95. The molecule has 2 N–H and O–H groups in total. The Morgan fingerprint density at radius 1 is 1.31 bits per heavy atom. The molecule has 0 spiro atoms. The van der Waals surface area contributed by atoms with Gasteiger partial charge in [-0.1, -0.05) is 0 Å². The summed E-state index contributed by atoms with van der Waals surface area (Å²) in [5.74, 6) is 1.74. The maximum absolute atomic E-state index is 5.54. The number of aromatic nitrogens is 3. The molecule has 0 radical (unpaired) electrons. The van der Waals surface area contributed by atoms with Gasteiger partial charge in [-0.05, 0) is 44.5 Å². The molecule has 4 nitrogen and oxygen atoms in total. The Hall–Kier alpha value is -0.720. The Labute approximate surface area is 110 Å². The van der Waals surface area contributed by atoms with Crippen molar-refractivity contribution in [3.05, 3.63) is 39.4 Å². The molecule has 16 heavy (non-hydrogen) atoms. The van der Waals surface area contributed by atoms with Crippen molar-refractivity contribution in [2.45, 2.75) is 6.42 Å². The molecule has 0 fully saturated rings. The van der Waals surface area contributed by atoms with Gasteiger partial charge in [-0.25, -0.2) is 9.97 Å². The summed E-state index contributed by atoms with van der Waals surface area (Å²) in [5.41, 5.74) is 5.54. The molecule has 0 aliphatic carbocycles. The maximum Gasteiger partial charge on any atom is 0.152 e. The van der Waals surface area contributed by atoms with Crippen LogP contribution in [-0.4, -0.2) is 21.1 Å². The third kappa shape index (κ3) is 2.34. The molecule has 0 aliphatic rings. The Balaban J connectivity index is 2.46. The Morgan fingerprint density at radius 2 is 2.12 bits per heavy atom. The van der Waals surface area contributed by atoms with E-state index in [-0.39, 0.29) is 0 Å². The number of halogens is 2. The van der Waals surface area contributed by atoms with E-state index in [2.05, 4.69) is 41.8 Å². The molecule has 6 heteroatoms. The lowest BCUT2D eigenvalue weighted by Crippen LogP contribution is -2.09. The number of hydrogen-bond acceptors (Lipinski definition) is 3. The molecular weight excluding hydrogens is 336 g/mol. The molecule has 0 aliphatic heterocycles. The van der Waals surface area contributed by atoms with Gasteiger partial charge < -0.3 is 5.73 Å². The van der Waals surface area contributed by atoms with Gasteiger partial charge in [0.1, 0.15) is 5.82 Å². The van der Waals surface area contributed by atoms with Gasteiger partial charge in [-0.2, -0.15) is 0 Å². The number of pyridine rings is 1. The zero-order valence-electron chi connectivity index (χ0n) is 8.40. The first-order chi connectivity index (χ1) is 7.72. The minimum atomic E-state index is 0.575. The minimum Gasteiger partial charge on any atom is -0.330 e. The van der Waals surface area contributed by atoms with Crippen LogP contribution in [-0.2, 0) is 6.42 Å². The van der Waals surface area contributed by atoms with Crippen LogP contribution >= 0.6 is 31.9 Å². The fraction of sp³-hybridized carbons (Fsp3) is 0.200. The molecule has 84 valence electrons. The summed E-state index contributed by atoms with van der Waals surface area (Å²) in [6.45, 7) is 0.575. The second kappa shape index (κ2) is 5.07. The van der Waals surface area contributed by atoms with Crippen molar-refractivity contribution in [2.75, 3.05) is 6.54 Å². The topological polar surface area (TPSA) is 56.7 Å². The maximum atomic E-state index is 5.54. The van der Waals surface area contributed by atoms with Gasteiger partial charge in [0.05, 0.1) is 4.47 Å². The van der Waals surface area contributed by atoms with E-state index >= 15 is 0 Å². The molecule has 0 unspecified atom stereocenters. The van der Waals surface area contributed by atoms with Gasteiger partial charge in [0.15, 0.2) is 5.82 Å². The zero-order chi connectivity index (χ0) is 11.5. The van der Waals surface area contributed by atoms with Crippen molar-refractivity contribution in [3.63, 3.8) is 0 Å². The van der Waals surface area contributed by atoms with Gasteiger partial charge >= 0.3 is 0 Å². The van der Waals surface area contributed by atoms with Crippen LogP contribution < -0.4 is 5.73 Å². The monoisotopic (exact) mass is 344 g/mol. The summed E-state index contributed by atoms with van der Waals surface area (Å²) in [6.07, 6.45) is 6.12. The minimum absolute atomic E-state index is 0.575. The molecule has 2 aromatic rings. The second-order valence-corrected chi connectivity index (χ2v) is 4.98. The van der Waals surface area contributed by atoms with E-state index in [0.29, 0.717) is 6.54 Å². The first kappa shape index (κ1) is 11.8. The lowest BCUT2D eigenvalue weighted by atomic mass is 10.4. The number of rotatable bonds is 3. The molecule has 0 aromatic carbocycles. The van der Waals surface area contributed by atoms with E-state index in [1.807, 2.05) is 16.8 Å². The van der Waals surface area contributed by atoms with Crippen LogP contribution in [0.4, 0.5) is 0 Å². The SMILES string of the molecule is NCCc1nccn1-c1ncc(Br)cc1Br. The summed E-state index contributed by atoms with van der Waals surface area (Å²) >= 11 is 6.85. The molecular formula is C10H10Br2N4. The molecule has 2 rings (SSSR count). The summed E-state index contributed by atoms with van der Waals surface area (Å²) < 4.78 is 3.78. The molecule has 0 saturated carbocycles. The predicted octanol–water partition coefficient (Wildman–Crippen LogP) is 2.29. The largest absolute Gasteiger partial charge is 0.330 e.